The van der Waals surface area contributed by atoms with E-state index in [-0.39, 0.29) is 0 Å². The number of benzene rings is 1. The third kappa shape index (κ3) is 2.18. The lowest BCUT2D eigenvalue weighted by atomic mass is 10.0. The molecule has 0 amide bonds. The number of halogens is 5. The first-order valence-corrected chi connectivity index (χ1v) is 4.88. The Hall–Kier alpha value is -1.98. The Kier molecular flexibility index (Phi) is 3.02. The molecule has 0 spiro atoms. The van der Waals surface area contributed by atoms with Gasteiger partial charge in [0.1, 0.15) is 0 Å². The first kappa shape index (κ1) is 12.5. The minimum atomic E-state index is -4.68. The summed E-state index contributed by atoms with van der Waals surface area (Å²) in [5, 5.41) is 0. The van der Waals surface area contributed by atoms with Crippen LogP contribution in [0.4, 0.5) is 22.0 Å². The standard InChI is InChI=1S/C12H6F5N/c13-9-5-1-3-7(10(9)14)11-8(12(15,16)17)4-2-6-18-11/h1-6H. The number of rotatable bonds is 1. The quantitative estimate of drug-likeness (QED) is 0.704. The highest BCUT2D eigenvalue weighted by molar-refractivity contribution is 5.64. The van der Waals surface area contributed by atoms with Crippen LogP contribution in [0.3, 0.4) is 0 Å². The van der Waals surface area contributed by atoms with Gasteiger partial charge in [-0.3, -0.25) is 4.98 Å². The zero-order chi connectivity index (χ0) is 13.3. The zero-order valence-corrected chi connectivity index (χ0v) is 8.80. The molecule has 0 saturated heterocycles. The van der Waals surface area contributed by atoms with Crippen LogP contribution in [0.2, 0.25) is 0 Å². The van der Waals surface area contributed by atoms with E-state index in [1.165, 1.54) is 0 Å². The van der Waals surface area contributed by atoms with E-state index < -0.39 is 34.6 Å². The van der Waals surface area contributed by atoms with Gasteiger partial charge in [0, 0.05) is 11.8 Å². The minimum Gasteiger partial charge on any atom is -0.256 e. The summed E-state index contributed by atoms with van der Waals surface area (Å²) in [6, 6.07) is 4.86. The van der Waals surface area contributed by atoms with Gasteiger partial charge in [0.15, 0.2) is 11.6 Å². The van der Waals surface area contributed by atoms with Crippen molar-refractivity contribution in [1.29, 1.82) is 0 Å². The molecule has 0 unspecified atom stereocenters. The first-order valence-electron chi connectivity index (χ1n) is 4.88. The molecule has 18 heavy (non-hydrogen) atoms. The van der Waals surface area contributed by atoms with Crippen LogP contribution in [0, 0.1) is 11.6 Å². The van der Waals surface area contributed by atoms with E-state index in [9.17, 15) is 22.0 Å². The highest BCUT2D eigenvalue weighted by atomic mass is 19.4. The van der Waals surface area contributed by atoms with Gasteiger partial charge in [0.05, 0.1) is 11.3 Å². The van der Waals surface area contributed by atoms with Crippen LogP contribution < -0.4 is 0 Å². The number of aromatic nitrogens is 1. The monoisotopic (exact) mass is 259 g/mol. The van der Waals surface area contributed by atoms with E-state index in [1.807, 2.05) is 0 Å². The predicted molar refractivity (Wildman–Crippen MR) is 54.6 cm³/mol. The zero-order valence-electron chi connectivity index (χ0n) is 8.80. The maximum Gasteiger partial charge on any atom is 0.418 e. The molecule has 2 aromatic rings. The van der Waals surface area contributed by atoms with Crippen LogP contribution in [0.1, 0.15) is 5.56 Å². The highest BCUT2D eigenvalue weighted by Gasteiger charge is 2.35. The third-order valence-corrected chi connectivity index (χ3v) is 2.32. The fourth-order valence-electron chi connectivity index (χ4n) is 1.54. The van der Waals surface area contributed by atoms with Gasteiger partial charge in [-0.2, -0.15) is 13.2 Å². The topological polar surface area (TPSA) is 12.9 Å². The SMILES string of the molecule is Fc1cccc(-c2ncccc2C(F)(F)F)c1F. The third-order valence-electron chi connectivity index (χ3n) is 2.32. The lowest BCUT2D eigenvalue weighted by Gasteiger charge is -2.12. The van der Waals surface area contributed by atoms with Crippen LogP contribution in [-0.2, 0) is 6.18 Å². The second-order valence-corrected chi connectivity index (χ2v) is 3.50. The normalized spacial score (nSPS) is 11.6. The van der Waals surface area contributed by atoms with Gasteiger partial charge in [0.25, 0.3) is 0 Å². The molecule has 0 radical (unpaired) electrons. The second kappa shape index (κ2) is 4.36. The summed E-state index contributed by atoms with van der Waals surface area (Å²) in [4.78, 5) is 3.49. The molecule has 0 fully saturated rings. The Morgan fingerprint density at radius 1 is 0.944 bits per heavy atom. The molecular weight excluding hydrogens is 253 g/mol. The van der Waals surface area contributed by atoms with Crippen molar-refractivity contribution in [1.82, 2.24) is 4.98 Å². The molecule has 1 aromatic carbocycles. The average molecular weight is 259 g/mol. The Morgan fingerprint density at radius 2 is 1.67 bits per heavy atom. The van der Waals surface area contributed by atoms with Gasteiger partial charge in [-0.1, -0.05) is 6.07 Å². The smallest absolute Gasteiger partial charge is 0.256 e. The van der Waals surface area contributed by atoms with E-state index in [2.05, 4.69) is 4.98 Å². The Balaban J connectivity index is 2.69. The van der Waals surface area contributed by atoms with Gasteiger partial charge < -0.3 is 0 Å². The molecule has 0 aliphatic carbocycles. The van der Waals surface area contributed by atoms with E-state index in [0.717, 1.165) is 36.5 Å². The number of hydrogen-bond donors (Lipinski definition) is 0. The van der Waals surface area contributed by atoms with Crippen molar-refractivity contribution in [2.75, 3.05) is 0 Å². The van der Waals surface area contributed by atoms with E-state index in [0.29, 0.717) is 0 Å². The molecule has 0 N–H and O–H groups in total. The molecule has 1 heterocycles. The summed E-state index contributed by atoms with van der Waals surface area (Å²) >= 11 is 0. The van der Waals surface area contributed by atoms with Crippen molar-refractivity contribution in [2.24, 2.45) is 0 Å². The molecule has 0 aliphatic rings. The number of alkyl halides is 3. The van der Waals surface area contributed by atoms with Crippen molar-refractivity contribution < 1.29 is 22.0 Å². The minimum absolute atomic E-state index is 0.511. The number of hydrogen-bond acceptors (Lipinski definition) is 1. The molecule has 1 aromatic heterocycles. The van der Waals surface area contributed by atoms with Crippen LogP contribution >= 0.6 is 0 Å². The predicted octanol–water partition coefficient (Wildman–Crippen LogP) is 4.05. The fourth-order valence-corrected chi connectivity index (χ4v) is 1.54. The maximum absolute atomic E-state index is 13.5. The lowest BCUT2D eigenvalue weighted by molar-refractivity contribution is -0.137. The molecule has 94 valence electrons. The van der Waals surface area contributed by atoms with Crippen LogP contribution in [0.15, 0.2) is 36.5 Å². The molecule has 2 rings (SSSR count). The molecule has 1 nitrogen and oxygen atoms in total. The fraction of sp³-hybridized carbons (Fsp3) is 0.0833. The summed E-state index contributed by atoms with van der Waals surface area (Å²) < 4.78 is 64.6. The van der Waals surface area contributed by atoms with Crippen molar-refractivity contribution >= 4 is 0 Å². The molecule has 0 aliphatic heterocycles. The summed E-state index contributed by atoms with van der Waals surface area (Å²) in [5.41, 5.74) is -2.24. The Morgan fingerprint density at radius 3 is 2.33 bits per heavy atom. The van der Waals surface area contributed by atoms with Crippen LogP contribution in [0.25, 0.3) is 11.3 Å². The van der Waals surface area contributed by atoms with Gasteiger partial charge in [-0.15, -0.1) is 0 Å². The molecule has 0 bridgehead atoms. The number of nitrogens with zero attached hydrogens (tertiary/aromatic N) is 1. The van der Waals surface area contributed by atoms with Crippen LogP contribution in [0.5, 0.6) is 0 Å². The van der Waals surface area contributed by atoms with Crippen LogP contribution in [-0.4, -0.2) is 4.98 Å². The maximum atomic E-state index is 13.5. The largest absolute Gasteiger partial charge is 0.418 e. The lowest BCUT2D eigenvalue weighted by Crippen LogP contribution is -2.09. The van der Waals surface area contributed by atoms with Crippen molar-refractivity contribution in [3.05, 3.63) is 53.7 Å². The van der Waals surface area contributed by atoms with Crippen molar-refractivity contribution in [2.45, 2.75) is 6.18 Å². The van der Waals surface area contributed by atoms with Gasteiger partial charge >= 0.3 is 6.18 Å². The second-order valence-electron chi connectivity index (χ2n) is 3.50. The summed E-state index contributed by atoms with van der Waals surface area (Å²) in [6.07, 6.45) is -3.59. The van der Waals surface area contributed by atoms with E-state index in [1.54, 1.807) is 0 Å². The van der Waals surface area contributed by atoms with Gasteiger partial charge in [-0.05, 0) is 24.3 Å². The highest BCUT2D eigenvalue weighted by Crippen LogP contribution is 2.36. The van der Waals surface area contributed by atoms with Gasteiger partial charge in [-0.25, -0.2) is 8.78 Å². The molecule has 0 atom stereocenters. The summed E-state index contributed by atoms with van der Waals surface area (Å²) in [7, 11) is 0. The average Bonchev–Trinajstić information content (AvgIpc) is 2.32. The first-order chi connectivity index (χ1) is 8.41. The molecular formula is C12H6F5N. The van der Waals surface area contributed by atoms with E-state index in [4.69, 9.17) is 0 Å². The Bertz CT molecular complexity index is 577. The van der Waals surface area contributed by atoms with Crippen molar-refractivity contribution in [3.63, 3.8) is 0 Å². The van der Waals surface area contributed by atoms with Crippen molar-refractivity contribution in [3.8, 4) is 11.3 Å². The summed E-state index contributed by atoms with van der Waals surface area (Å²) in [5.74, 6) is -2.56. The molecule has 6 heteroatoms. The molecule has 0 saturated carbocycles. The van der Waals surface area contributed by atoms with E-state index >= 15 is 0 Å². The Labute approximate surface area is 98.9 Å². The number of pyridine rings is 1. The van der Waals surface area contributed by atoms with Gasteiger partial charge in [0.2, 0.25) is 0 Å². The summed E-state index contributed by atoms with van der Waals surface area (Å²) in [6.45, 7) is 0.